The summed E-state index contributed by atoms with van der Waals surface area (Å²) in [4.78, 5) is 26.0. The summed E-state index contributed by atoms with van der Waals surface area (Å²) in [5.41, 5.74) is 1.26. The number of amides is 2. The third kappa shape index (κ3) is 2.40. The van der Waals surface area contributed by atoms with Crippen LogP contribution in [0.2, 0.25) is 0 Å². The third-order valence-corrected chi connectivity index (χ3v) is 4.29. The van der Waals surface area contributed by atoms with Crippen molar-refractivity contribution in [2.75, 3.05) is 6.54 Å². The molecule has 2 aliphatic rings. The molecular weight excluding hydrogens is 250 g/mol. The first-order valence-electron chi connectivity index (χ1n) is 7.31. The summed E-state index contributed by atoms with van der Waals surface area (Å²) in [6.45, 7) is 0.555. The van der Waals surface area contributed by atoms with Crippen molar-refractivity contribution in [1.29, 1.82) is 0 Å². The monoisotopic (exact) mass is 269 g/mol. The first kappa shape index (κ1) is 13.1. The van der Waals surface area contributed by atoms with E-state index in [0.717, 1.165) is 25.7 Å². The number of allylic oxidation sites excluding steroid dienone is 2. The van der Waals surface area contributed by atoms with Gasteiger partial charge in [0.25, 0.3) is 0 Å². The summed E-state index contributed by atoms with van der Waals surface area (Å²) in [5, 5.41) is 0. The Balaban J connectivity index is 1.58. The van der Waals surface area contributed by atoms with Gasteiger partial charge in [-0.3, -0.25) is 14.5 Å². The topological polar surface area (TPSA) is 37.4 Å². The van der Waals surface area contributed by atoms with Crippen LogP contribution in [0.3, 0.4) is 0 Å². The minimum Gasteiger partial charge on any atom is -0.282 e. The van der Waals surface area contributed by atoms with Crippen molar-refractivity contribution >= 4 is 11.8 Å². The Labute approximate surface area is 119 Å². The zero-order valence-corrected chi connectivity index (χ0v) is 11.5. The molecule has 3 rings (SSSR count). The van der Waals surface area contributed by atoms with Crippen molar-refractivity contribution in [3.05, 3.63) is 48.0 Å². The van der Waals surface area contributed by atoms with Gasteiger partial charge in [-0.1, -0.05) is 42.5 Å². The maximum absolute atomic E-state index is 12.3. The number of carbonyl (C=O) groups is 2. The van der Waals surface area contributed by atoms with Crippen LogP contribution in [0.1, 0.15) is 24.8 Å². The molecule has 104 valence electrons. The van der Waals surface area contributed by atoms with E-state index in [0.29, 0.717) is 6.54 Å². The number of imide groups is 1. The van der Waals surface area contributed by atoms with Crippen LogP contribution in [-0.4, -0.2) is 23.3 Å². The molecule has 20 heavy (non-hydrogen) atoms. The van der Waals surface area contributed by atoms with Gasteiger partial charge in [0, 0.05) is 6.54 Å². The van der Waals surface area contributed by atoms with Gasteiger partial charge in [-0.05, 0) is 31.2 Å². The number of aryl methyl sites for hydroxylation is 1. The molecule has 0 radical (unpaired) electrons. The lowest BCUT2D eigenvalue weighted by atomic mass is 9.85. The van der Waals surface area contributed by atoms with E-state index in [9.17, 15) is 9.59 Å². The Morgan fingerprint density at radius 2 is 1.55 bits per heavy atom. The minimum absolute atomic E-state index is 0.0393. The molecule has 2 atom stereocenters. The maximum atomic E-state index is 12.3. The zero-order chi connectivity index (χ0) is 13.9. The number of hydrogen-bond donors (Lipinski definition) is 0. The number of nitrogens with zero attached hydrogens (tertiary/aromatic N) is 1. The number of rotatable bonds is 4. The van der Waals surface area contributed by atoms with E-state index in [2.05, 4.69) is 12.1 Å². The normalized spacial score (nSPS) is 25.1. The van der Waals surface area contributed by atoms with E-state index in [4.69, 9.17) is 0 Å². The van der Waals surface area contributed by atoms with Gasteiger partial charge in [0.2, 0.25) is 11.8 Å². The Morgan fingerprint density at radius 1 is 0.950 bits per heavy atom. The highest BCUT2D eigenvalue weighted by molar-refractivity contribution is 6.05. The summed E-state index contributed by atoms with van der Waals surface area (Å²) in [6, 6.07) is 10.2. The van der Waals surface area contributed by atoms with Gasteiger partial charge in [-0.2, -0.15) is 0 Å². The molecule has 0 spiro atoms. The molecule has 0 saturated carbocycles. The highest BCUT2D eigenvalue weighted by Gasteiger charge is 2.46. The van der Waals surface area contributed by atoms with Gasteiger partial charge in [-0.25, -0.2) is 0 Å². The van der Waals surface area contributed by atoms with E-state index in [-0.39, 0.29) is 23.7 Å². The zero-order valence-electron chi connectivity index (χ0n) is 11.5. The second-order valence-electron chi connectivity index (χ2n) is 5.57. The average molecular weight is 269 g/mol. The number of carbonyl (C=O) groups excluding carboxylic acids is 2. The molecule has 2 amide bonds. The van der Waals surface area contributed by atoms with Crippen LogP contribution < -0.4 is 0 Å². The lowest BCUT2D eigenvalue weighted by Gasteiger charge is -2.14. The van der Waals surface area contributed by atoms with Crippen LogP contribution in [0, 0.1) is 11.8 Å². The van der Waals surface area contributed by atoms with Crippen LogP contribution >= 0.6 is 0 Å². The molecule has 1 saturated heterocycles. The van der Waals surface area contributed by atoms with Gasteiger partial charge in [0.05, 0.1) is 11.8 Å². The molecule has 0 bridgehead atoms. The summed E-state index contributed by atoms with van der Waals surface area (Å²) in [6.07, 6.45) is 7.26. The van der Waals surface area contributed by atoms with Gasteiger partial charge in [-0.15, -0.1) is 0 Å². The molecule has 3 nitrogen and oxygen atoms in total. The summed E-state index contributed by atoms with van der Waals surface area (Å²) in [7, 11) is 0. The van der Waals surface area contributed by atoms with Crippen LogP contribution in [0.4, 0.5) is 0 Å². The third-order valence-electron chi connectivity index (χ3n) is 4.29. The van der Waals surface area contributed by atoms with Crippen LogP contribution in [-0.2, 0) is 16.0 Å². The largest absolute Gasteiger partial charge is 0.282 e. The molecule has 0 N–H and O–H groups in total. The van der Waals surface area contributed by atoms with Gasteiger partial charge in [0.1, 0.15) is 0 Å². The molecular formula is C17H19NO2. The molecule has 1 aliphatic heterocycles. The van der Waals surface area contributed by atoms with Gasteiger partial charge < -0.3 is 0 Å². The molecule has 1 aromatic carbocycles. The van der Waals surface area contributed by atoms with Crippen molar-refractivity contribution < 1.29 is 9.59 Å². The highest BCUT2D eigenvalue weighted by atomic mass is 16.2. The Hall–Kier alpha value is -1.90. The predicted molar refractivity (Wildman–Crippen MR) is 76.8 cm³/mol. The quantitative estimate of drug-likeness (QED) is 0.622. The molecule has 1 fully saturated rings. The number of fused-ring (bicyclic) bond motifs is 1. The molecule has 1 heterocycles. The lowest BCUT2D eigenvalue weighted by molar-refractivity contribution is -0.139. The highest BCUT2D eigenvalue weighted by Crippen LogP contribution is 2.35. The standard InChI is InChI=1S/C17H19NO2/c19-16-14-10-4-5-11-15(14)17(20)18(16)12-6-9-13-7-2-1-3-8-13/h1-5,7-8,14-15H,6,9-12H2. The fraction of sp³-hybridized carbons (Fsp3) is 0.412. The lowest BCUT2D eigenvalue weighted by Crippen LogP contribution is -2.32. The second kappa shape index (κ2) is 5.61. The van der Waals surface area contributed by atoms with Crippen molar-refractivity contribution in [1.82, 2.24) is 4.90 Å². The molecule has 1 aromatic rings. The van der Waals surface area contributed by atoms with E-state index in [1.807, 2.05) is 30.4 Å². The number of hydrogen-bond acceptors (Lipinski definition) is 2. The Morgan fingerprint density at radius 3 is 2.15 bits per heavy atom. The van der Waals surface area contributed by atoms with Crippen molar-refractivity contribution in [2.24, 2.45) is 11.8 Å². The summed E-state index contributed by atoms with van der Waals surface area (Å²) in [5.74, 6) is -0.108. The van der Waals surface area contributed by atoms with Crippen LogP contribution in [0.5, 0.6) is 0 Å². The second-order valence-corrected chi connectivity index (χ2v) is 5.57. The fourth-order valence-electron chi connectivity index (χ4n) is 3.18. The SMILES string of the molecule is O=C1C2CC=CCC2C(=O)N1CCCc1ccccc1. The number of benzene rings is 1. The number of likely N-dealkylation sites (tertiary alicyclic amines) is 1. The van der Waals surface area contributed by atoms with Gasteiger partial charge in [0.15, 0.2) is 0 Å². The summed E-state index contributed by atoms with van der Waals surface area (Å²) >= 11 is 0. The first-order chi connectivity index (χ1) is 9.77. The smallest absolute Gasteiger partial charge is 0.233 e. The Bertz CT molecular complexity index is 509. The van der Waals surface area contributed by atoms with E-state index in [1.54, 1.807) is 0 Å². The first-order valence-corrected chi connectivity index (χ1v) is 7.31. The van der Waals surface area contributed by atoms with Crippen molar-refractivity contribution in [3.63, 3.8) is 0 Å². The molecule has 1 aliphatic carbocycles. The minimum atomic E-state index is -0.0933. The van der Waals surface area contributed by atoms with Crippen molar-refractivity contribution in [2.45, 2.75) is 25.7 Å². The average Bonchev–Trinajstić information content (AvgIpc) is 2.74. The van der Waals surface area contributed by atoms with Crippen LogP contribution in [0.15, 0.2) is 42.5 Å². The maximum Gasteiger partial charge on any atom is 0.233 e. The summed E-state index contributed by atoms with van der Waals surface area (Å²) < 4.78 is 0. The predicted octanol–water partition coefficient (Wildman–Crippen LogP) is 2.57. The fourth-order valence-corrected chi connectivity index (χ4v) is 3.18. The molecule has 2 unspecified atom stereocenters. The van der Waals surface area contributed by atoms with Crippen molar-refractivity contribution in [3.8, 4) is 0 Å². The van der Waals surface area contributed by atoms with E-state index in [1.165, 1.54) is 10.5 Å². The van der Waals surface area contributed by atoms with E-state index < -0.39 is 0 Å². The van der Waals surface area contributed by atoms with Gasteiger partial charge >= 0.3 is 0 Å². The van der Waals surface area contributed by atoms with E-state index >= 15 is 0 Å². The van der Waals surface area contributed by atoms with Crippen LogP contribution in [0.25, 0.3) is 0 Å². The Kier molecular flexibility index (Phi) is 3.68. The molecule has 0 aromatic heterocycles. The molecule has 3 heteroatoms.